The molecule has 0 atom stereocenters. The van der Waals surface area contributed by atoms with Gasteiger partial charge in [-0.15, -0.1) is 0 Å². The topological polar surface area (TPSA) is 57.7 Å². The van der Waals surface area contributed by atoms with E-state index >= 15 is 0 Å². The lowest BCUT2D eigenvalue weighted by Gasteiger charge is -2.17. The summed E-state index contributed by atoms with van der Waals surface area (Å²) >= 11 is 0. The average Bonchev–Trinajstić information content (AvgIpc) is 2.51. The van der Waals surface area contributed by atoms with Crippen LogP contribution in [0.2, 0.25) is 0 Å². The number of rotatable bonds is 2. The molecule has 1 aliphatic heterocycles. The summed E-state index contributed by atoms with van der Waals surface area (Å²) in [6, 6.07) is 4.84. The summed E-state index contributed by atoms with van der Waals surface area (Å²) in [4.78, 5) is 13.9. The number of sulfonamides is 1. The second-order valence-corrected chi connectivity index (χ2v) is 7.61. The number of carbonyl (C=O) groups excluding carboxylic acids is 1. The Labute approximate surface area is 113 Å². The van der Waals surface area contributed by atoms with Gasteiger partial charge in [0.2, 0.25) is 15.9 Å². The summed E-state index contributed by atoms with van der Waals surface area (Å²) in [5.41, 5.74) is 0.831. The first-order chi connectivity index (χ1) is 8.60. The molecule has 1 aromatic carbocycles. The molecular weight excluding hydrogens is 264 g/mol. The van der Waals surface area contributed by atoms with Gasteiger partial charge in [-0.25, -0.2) is 12.7 Å². The van der Waals surface area contributed by atoms with Crippen molar-refractivity contribution in [2.45, 2.75) is 24.2 Å². The Bertz CT molecular complexity index is 648. The molecule has 1 aliphatic rings. The highest BCUT2D eigenvalue weighted by Gasteiger charge is 2.42. The van der Waals surface area contributed by atoms with Gasteiger partial charge >= 0.3 is 0 Å². The van der Waals surface area contributed by atoms with Crippen molar-refractivity contribution in [2.75, 3.05) is 26.0 Å². The summed E-state index contributed by atoms with van der Waals surface area (Å²) in [7, 11) is 1.21. The van der Waals surface area contributed by atoms with Gasteiger partial charge in [0.1, 0.15) is 0 Å². The van der Waals surface area contributed by atoms with Crippen LogP contribution in [0.5, 0.6) is 0 Å². The van der Waals surface area contributed by atoms with E-state index in [0.29, 0.717) is 0 Å². The number of likely N-dealkylation sites (N-methyl/N-ethyl adjacent to an activating group) is 1. The minimum absolute atomic E-state index is 0.0260. The number of hydrogen-bond donors (Lipinski definition) is 0. The number of hydrogen-bond acceptors (Lipinski definition) is 3. The number of anilines is 1. The SMILES string of the molecule is CN1C(=O)C(C)(C)c2cc(S(=O)(=O)N(C)C)ccc21. The van der Waals surface area contributed by atoms with E-state index < -0.39 is 15.4 Å². The number of nitrogens with zero attached hydrogens (tertiary/aromatic N) is 2. The molecule has 0 spiro atoms. The second kappa shape index (κ2) is 4.05. The van der Waals surface area contributed by atoms with Crippen LogP contribution >= 0.6 is 0 Å². The van der Waals surface area contributed by atoms with Crippen LogP contribution in [-0.4, -0.2) is 39.8 Å². The van der Waals surface area contributed by atoms with Gasteiger partial charge in [-0.05, 0) is 37.6 Å². The molecule has 5 nitrogen and oxygen atoms in total. The molecule has 19 heavy (non-hydrogen) atoms. The minimum Gasteiger partial charge on any atom is -0.314 e. The first-order valence-corrected chi connectivity index (χ1v) is 7.39. The predicted octanol–water partition coefficient (Wildman–Crippen LogP) is 1.19. The fourth-order valence-corrected chi connectivity index (χ4v) is 3.25. The van der Waals surface area contributed by atoms with E-state index in [1.807, 2.05) is 13.8 Å². The van der Waals surface area contributed by atoms with Gasteiger partial charge in [-0.2, -0.15) is 0 Å². The Kier molecular flexibility index (Phi) is 2.98. The van der Waals surface area contributed by atoms with Crippen LogP contribution < -0.4 is 4.90 Å². The van der Waals surface area contributed by atoms with E-state index in [1.54, 1.807) is 30.1 Å². The third kappa shape index (κ3) is 1.86. The highest BCUT2D eigenvalue weighted by atomic mass is 32.2. The number of amides is 1. The summed E-state index contributed by atoms with van der Waals surface area (Å²) in [5.74, 6) is -0.0260. The van der Waals surface area contributed by atoms with Gasteiger partial charge in [-0.1, -0.05) is 0 Å². The van der Waals surface area contributed by atoms with E-state index in [9.17, 15) is 13.2 Å². The third-order valence-corrected chi connectivity index (χ3v) is 5.43. The first kappa shape index (κ1) is 14.0. The number of carbonyl (C=O) groups is 1. The van der Waals surface area contributed by atoms with Crippen LogP contribution in [0, 0.1) is 0 Å². The molecule has 0 unspecified atom stereocenters. The molecule has 1 amide bonds. The highest BCUT2D eigenvalue weighted by Crippen LogP contribution is 2.41. The fraction of sp³-hybridized carbons (Fsp3) is 0.462. The predicted molar refractivity (Wildman–Crippen MR) is 73.8 cm³/mol. The maximum absolute atomic E-state index is 12.1. The van der Waals surface area contributed by atoms with E-state index in [2.05, 4.69) is 0 Å². The van der Waals surface area contributed by atoms with Crippen LogP contribution in [0.4, 0.5) is 5.69 Å². The Balaban J connectivity index is 2.66. The van der Waals surface area contributed by atoms with E-state index in [0.717, 1.165) is 11.3 Å². The standard InChI is InChI=1S/C13H18N2O3S/c1-13(2)10-8-9(19(17,18)14(3)4)6-7-11(10)15(5)12(13)16/h6-8H,1-5H3. The van der Waals surface area contributed by atoms with E-state index in [-0.39, 0.29) is 10.8 Å². The Morgan fingerprint density at radius 2 is 1.79 bits per heavy atom. The van der Waals surface area contributed by atoms with Crippen molar-refractivity contribution in [2.24, 2.45) is 0 Å². The Morgan fingerprint density at radius 3 is 2.32 bits per heavy atom. The molecule has 0 aliphatic carbocycles. The van der Waals surface area contributed by atoms with Gasteiger partial charge in [0.05, 0.1) is 10.3 Å². The molecule has 104 valence electrons. The van der Waals surface area contributed by atoms with Crippen LogP contribution in [-0.2, 0) is 20.2 Å². The molecule has 1 heterocycles. The Hall–Kier alpha value is -1.40. The van der Waals surface area contributed by atoms with Gasteiger partial charge in [0, 0.05) is 26.8 Å². The lowest BCUT2D eigenvalue weighted by molar-refractivity contribution is -0.121. The van der Waals surface area contributed by atoms with Gasteiger partial charge in [0.15, 0.2) is 0 Å². The molecule has 0 fully saturated rings. The van der Waals surface area contributed by atoms with Crippen LogP contribution in [0.1, 0.15) is 19.4 Å². The summed E-state index contributed by atoms with van der Waals surface area (Å²) in [5, 5.41) is 0. The van der Waals surface area contributed by atoms with Crippen LogP contribution in [0.25, 0.3) is 0 Å². The zero-order valence-electron chi connectivity index (χ0n) is 11.8. The van der Waals surface area contributed by atoms with Crippen molar-refractivity contribution in [3.8, 4) is 0 Å². The molecule has 0 N–H and O–H groups in total. The van der Waals surface area contributed by atoms with Gasteiger partial charge in [-0.3, -0.25) is 4.79 Å². The molecule has 2 rings (SSSR count). The van der Waals surface area contributed by atoms with Crippen molar-refractivity contribution >= 4 is 21.6 Å². The van der Waals surface area contributed by atoms with Crippen molar-refractivity contribution < 1.29 is 13.2 Å². The zero-order chi connectivity index (χ0) is 14.6. The Morgan fingerprint density at radius 1 is 1.21 bits per heavy atom. The normalized spacial score (nSPS) is 18.0. The molecule has 1 aromatic rings. The van der Waals surface area contributed by atoms with E-state index in [1.165, 1.54) is 18.4 Å². The molecule has 0 aromatic heterocycles. The summed E-state index contributed by atoms with van der Waals surface area (Å²) in [6.45, 7) is 3.62. The first-order valence-electron chi connectivity index (χ1n) is 5.95. The number of benzene rings is 1. The van der Waals surface area contributed by atoms with Crippen molar-refractivity contribution in [3.63, 3.8) is 0 Å². The maximum Gasteiger partial charge on any atom is 0.242 e. The molecule has 6 heteroatoms. The molecular formula is C13H18N2O3S. The second-order valence-electron chi connectivity index (χ2n) is 5.46. The minimum atomic E-state index is -3.48. The van der Waals surface area contributed by atoms with E-state index in [4.69, 9.17) is 0 Å². The van der Waals surface area contributed by atoms with Crippen molar-refractivity contribution in [1.29, 1.82) is 0 Å². The lowest BCUT2D eigenvalue weighted by Crippen LogP contribution is -2.33. The third-order valence-electron chi connectivity index (χ3n) is 3.62. The maximum atomic E-state index is 12.1. The highest BCUT2D eigenvalue weighted by molar-refractivity contribution is 7.89. The zero-order valence-corrected chi connectivity index (χ0v) is 12.6. The summed E-state index contributed by atoms with van der Waals surface area (Å²) < 4.78 is 25.4. The molecule has 0 saturated heterocycles. The molecule has 0 bridgehead atoms. The van der Waals surface area contributed by atoms with Gasteiger partial charge in [0.25, 0.3) is 0 Å². The largest absolute Gasteiger partial charge is 0.314 e. The quantitative estimate of drug-likeness (QED) is 0.818. The van der Waals surface area contributed by atoms with Crippen LogP contribution in [0.15, 0.2) is 23.1 Å². The fourth-order valence-electron chi connectivity index (χ4n) is 2.32. The van der Waals surface area contributed by atoms with Crippen molar-refractivity contribution in [1.82, 2.24) is 4.31 Å². The molecule has 0 radical (unpaired) electrons. The van der Waals surface area contributed by atoms with Gasteiger partial charge < -0.3 is 4.90 Å². The monoisotopic (exact) mass is 282 g/mol. The molecule has 0 saturated carbocycles. The number of fused-ring (bicyclic) bond motifs is 1. The van der Waals surface area contributed by atoms with Crippen LogP contribution in [0.3, 0.4) is 0 Å². The summed E-state index contributed by atoms with van der Waals surface area (Å²) in [6.07, 6.45) is 0. The van der Waals surface area contributed by atoms with Crippen molar-refractivity contribution in [3.05, 3.63) is 23.8 Å². The smallest absolute Gasteiger partial charge is 0.242 e. The average molecular weight is 282 g/mol. The lowest BCUT2D eigenvalue weighted by atomic mass is 9.86.